The zero-order chi connectivity index (χ0) is 9.97. The second kappa shape index (κ2) is 4.63. The molecule has 0 spiro atoms. The highest BCUT2D eigenvalue weighted by Gasteiger charge is 2.34. The fourth-order valence-electron chi connectivity index (χ4n) is 2.83. The third-order valence-corrected chi connectivity index (χ3v) is 3.65. The minimum absolute atomic E-state index is 0.479. The van der Waals surface area contributed by atoms with Crippen LogP contribution in [-0.4, -0.2) is 29.6 Å². The standard InChI is InChI=1S/C12H24N2/c1-2-8-14(11-6-7-11)12-5-3-4-10(13)9-12/h10-12H,2-9,13H2,1H3. The summed E-state index contributed by atoms with van der Waals surface area (Å²) in [6.45, 7) is 3.58. The lowest BCUT2D eigenvalue weighted by Gasteiger charge is -2.36. The van der Waals surface area contributed by atoms with Gasteiger partial charge >= 0.3 is 0 Å². The number of hydrogen-bond donors (Lipinski definition) is 1. The van der Waals surface area contributed by atoms with E-state index in [4.69, 9.17) is 5.73 Å². The van der Waals surface area contributed by atoms with E-state index >= 15 is 0 Å². The lowest BCUT2D eigenvalue weighted by atomic mass is 9.90. The lowest BCUT2D eigenvalue weighted by Crippen LogP contribution is -2.44. The Morgan fingerprint density at radius 2 is 1.93 bits per heavy atom. The van der Waals surface area contributed by atoms with Gasteiger partial charge in [0.15, 0.2) is 0 Å². The van der Waals surface area contributed by atoms with Crippen molar-refractivity contribution in [1.29, 1.82) is 0 Å². The highest BCUT2D eigenvalue weighted by molar-refractivity contribution is 4.91. The van der Waals surface area contributed by atoms with Crippen molar-refractivity contribution in [2.24, 2.45) is 5.73 Å². The zero-order valence-electron chi connectivity index (χ0n) is 9.41. The fourth-order valence-corrected chi connectivity index (χ4v) is 2.83. The van der Waals surface area contributed by atoms with E-state index in [-0.39, 0.29) is 0 Å². The molecule has 2 unspecified atom stereocenters. The van der Waals surface area contributed by atoms with Gasteiger partial charge in [0.05, 0.1) is 0 Å². The topological polar surface area (TPSA) is 29.3 Å². The van der Waals surface area contributed by atoms with Crippen molar-refractivity contribution in [3.63, 3.8) is 0 Å². The van der Waals surface area contributed by atoms with Gasteiger partial charge in [-0.05, 0) is 45.1 Å². The van der Waals surface area contributed by atoms with Gasteiger partial charge in [0.2, 0.25) is 0 Å². The van der Waals surface area contributed by atoms with E-state index in [1.54, 1.807) is 0 Å². The molecule has 0 heterocycles. The van der Waals surface area contributed by atoms with Crippen LogP contribution in [0.3, 0.4) is 0 Å². The van der Waals surface area contributed by atoms with Gasteiger partial charge < -0.3 is 5.73 Å². The van der Waals surface area contributed by atoms with E-state index in [0.717, 1.165) is 12.1 Å². The van der Waals surface area contributed by atoms with E-state index in [2.05, 4.69) is 11.8 Å². The van der Waals surface area contributed by atoms with Crippen LogP contribution in [0.5, 0.6) is 0 Å². The molecule has 2 aliphatic rings. The maximum atomic E-state index is 6.05. The number of nitrogens with two attached hydrogens (primary N) is 1. The molecule has 0 aromatic heterocycles. The maximum absolute atomic E-state index is 6.05. The summed E-state index contributed by atoms with van der Waals surface area (Å²) in [6, 6.07) is 2.21. The van der Waals surface area contributed by atoms with E-state index in [1.807, 2.05) is 0 Å². The number of nitrogens with zero attached hydrogens (tertiary/aromatic N) is 1. The molecule has 2 heteroatoms. The predicted octanol–water partition coefficient (Wildman–Crippen LogP) is 2.13. The second-order valence-electron chi connectivity index (χ2n) is 5.05. The molecule has 2 rings (SSSR count). The third kappa shape index (κ3) is 2.48. The molecule has 0 amide bonds. The Morgan fingerprint density at radius 1 is 1.14 bits per heavy atom. The lowest BCUT2D eigenvalue weighted by molar-refractivity contribution is 0.139. The smallest absolute Gasteiger partial charge is 0.0113 e. The minimum Gasteiger partial charge on any atom is -0.328 e. The minimum atomic E-state index is 0.479. The summed E-state index contributed by atoms with van der Waals surface area (Å²) in [5, 5.41) is 0. The number of hydrogen-bond acceptors (Lipinski definition) is 2. The van der Waals surface area contributed by atoms with Gasteiger partial charge in [-0.3, -0.25) is 4.90 Å². The van der Waals surface area contributed by atoms with Crippen molar-refractivity contribution in [2.75, 3.05) is 6.54 Å². The van der Waals surface area contributed by atoms with Gasteiger partial charge in [-0.2, -0.15) is 0 Å². The predicted molar refractivity (Wildman–Crippen MR) is 60.3 cm³/mol. The van der Waals surface area contributed by atoms with Crippen molar-refractivity contribution < 1.29 is 0 Å². The zero-order valence-corrected chi connectivity index (χ0v) is 9.41. The normalized spacial score (nSPS) is 33.6. The quantitative estimate of drug-likeness (QED) is 0.746. The Bertz CT molecular complexity index is 177. The summed E-state index contributed by atoms with van der Waals surface area (Å²) in [7, 11) is 0. The molecular formula is C12H24N2. The van der Waals surface area contributed by atoms with Crippen LogP contribution in [0.15, 0.2) is 0 Å². The molecule has 0 radical (unpaired) electrons. The maximum Gasteiger partial charge on any atom is 0.0113 e. The van der Waals surface area contributed by atoms with Crippen molar-refractivity contribution >= 4 is 0 Å². The van der Waals surface area contributed by atoms with Crippen LogP contribution in [0.1, 0.15) is 51.9 Å². The van der Waals surface area contributed by atoms with Gasteiger partial charge in [0.1, 0.15) is 0 Å². The third-order valence-electron chi connectivity index (χ3n) is 3.65. The van der Waals surface area contributed by atoms with Gasteiger partial charge in [0.25, 0.3) is 0 Å². The van der Waals surface area contributed by atoms with Gasteiger partial charge in [-0.1, -0.05) is 13.3 Å². The van der Waals surface area contributed by atoms with Crippen LogP contribution in [0.25, 0.3) is 0 Å². The first kappa shape index (κ1) is 10.4. The first-order chi connectivity index (χ1) is 6.81. The highest BCUT2D eigenvalue weighted by atomic mass is 15.2. The van der Waals surface area contributed by atoms with Crippen molar-refractivity contribution in [1.82, 2.24) is 4.90 Å². The van der Waals surface area contributed by atoms with Crippen LogP contribution < -0.4 is 5.73 Å². The Balaban J connectivity index is 1.88. The molecule has 2 aliphatic carbocycles. The summed E-state index contributed by atoms with van der Waals surface area (Å²) in [5.74, 6) is 0. The van der Waals surface area contributed by atoms with E-state index in [1.165, 1.54) is 51.5 Å². The first-order valence-corrected chi connectivity index (χ1v) is 6.32. The molecule has 2 nitrogen and oxygen atoms in total. The molecule has 0 aliphatic heterocycles. The molecular weight excluding hydrogens is 172 g/mol. The average Bonchev–Trinajstić information content (AvgIpc) is 2.97. The molecule has 0 saturated heterocycles. The van der Waals surface area contributed by atoms with Crippen LogP contribution in [0.4, 0.5) is 0 Å². The average molecular weight is 196 g/mol. The Hall–Kier alpha value is -0.0800. The second-order valence-corrected chi connectivity index (χ2v) is 5.05. The summed E-state index contributed by atoms with van der Waals surface area (Å²) >= 11 is 0. The highest BCUT2D eigenvalue weighted by Crippen LogP contribution is 2.33. The molecule has 14 heavy (non-hydrogen) atoms. The van der Waals surface area contributed by atoms with Crippen LogP contribution in [0.2, 0.25) is 0 Å². The van der Waals surface area contributed by atoms with Crippen LogP contribution in [0, 0.1) is 0 Å². The summed E-state index contributed by atoms with van der Waals surface area (Å²) < 4.78 is 0. The van der Waals surface area contributed by atoms with Crippen LogP contribution in [-0.2, 0) is 0 Å². The van der Waals surface area contributed by atoms with Crippen molar-refractivity contribution in [3.8, 4) is 0 Å². The first-order valence-electron chi connectivity index (χ1n) is 6.32. The Kier molecular flexibility index (Phi) is 3.45. The molecule has 2 atom stereocenters. The summed E-state index contributed by atoms with van der Waals surface area (Å²) in [4.78, 5) is 2.75. The molecule has 0 aromatic carbocycles. The molecule has 2 N–H and O–H groups in total. The van der Waals surface area contributed by atoms with Crippen molar-refractivity contribution in [3.05, 3.63) is 0 Å². The van der Waals surface area contributed by atoms with Crippen molar-refractivity contribution in [2.45, 2.75) is 70.0 Å². The molecule has 2 fully saturated rings. The molecule has 2 saturated carbocycles. The Labute approximate surface area is 87.8 Å². The monoisotopic (exact) mass is 196 g/mol. The summed E-state index contributed by atoms with van der Waals surface area (Å²) in [6.07, 6.45) is 9.40. The Morgan fingerprint density at radius 3 is 2.50 bits per heavy atom. The van der Waals surface area contributed by atoms with E-state index in [9.17, 15) is 0 Å². The van der Waals surface area contributed by atoms with E-state index < -0.39 is 0 Å². The van der Waals surface area contributed by atoms with Gasteiger partial charge in [-0.25, -0.2) is 0 Å². The molecule has 82 valence electrons. The van der Waals surface area contributed by atoms with Crippen LogP contribution >= 0.6 is 0 Å². The SMILES string of the molecule is CCCN(C1CC1)C1CCCC(N)C1. The van der Waals surface area contributed by atoms with E-state index in [0.29, 0.717) is 6.04 Å². The molecule has 0 bridgehead atoms. The number of rotatable bonds is 4. The molecule has 0 aromatic rings. The van der Waals surface area contributed by atoms with Gasteiger partial charge in [-0.15, -0.1) is 0 Å². The summed E-state index contributed by atoms with van der Waals surface area (Å²) in [5.41, 5.74) is 6.05. The largest absolute Gasteiger partial charge is 0.328 e. The fraction of sp³-hybridized carbons (Fsp3) is 1.00. The van der Waals surface area contributed by atoms with Gasteiger partial charge in [0, 0.05) is 18.1 Å².